The van der Waals surface area contributed by atoms with E-state index in [2.05, 4.69) is 20.9 Å². The summed E-state index contributed by atoms with van der Waals surface area (Å²) in [4.78, 5) is 16.2. The van der Waals surface area contributed by atoms with Crippen molar-refractivity contribution in [2.75, 3.05) is 26.2 Å². The predicted molar refractivity (Wildman–Crippen MR) is 121 cm³/mol. The molecule has 1 aliphatic carbocycles. The third kappa shape index (κ3) is 8.28. The van der Waals surface area contributed by atoms with Gasteiger partial charge >= 0.3 is 0 Å². The van der Waals surface area contributed by atoms with E-state index in [0.29, 0.717) is 30.3 Å². The minimum atomic E-state index is -0.188. The topological polar surface area (TPSA) is 74.8 Å². The molecule has 7 heteroatoms. The van der Waals surface area contributed by atoms with Crippen LogP contribution in [0.25, 0.3) is 0 Å². The van der Waals surface area contributed by atoms with Crippen LogP contribution in [0.3, 0.4) is 0 Å². The molecule has 0 heterocycles. The molecule has 166 valence electrons. The average molecular weight is 427 g/mol. The predicted octanol–water partition coefficient (Wildman–Crippen LogP) is 2.82. The lowest BCUT2D eigenvalue weighted by molar-refractivity contribution is -0.123. The first-order valence-electron chi connectivity index (χ1n) is 10.9. The fourth-order valence-electron chi connectivity index (χ4n) is 3.05. The number of hydrogen-bond acceptors (Lipinski definition) is 3. The number of carbonyl (C=O) groups is 1. The van der Waals surface area contributed by atoms with Crippen molar-refractivity contribution in [3.8, 4) is 5.75 Å². The standard InChI is InChI=1S/C24H31FN4O2/c1-2-26-24(28-16-14-19-5-3-4-6-22(19)25)27-15-13-18-7-11-21(12-8-18)31-17-23(30)29-20-9-10-20/h3-8,11-12,20H,2,9-10,13-17H2,1H3,(H,29,30)(H2,26,27,28). The van der Waals surface area contributed by atoms with Gasteiger partial charge in [0, 0.05) is 25.7 Å². The highest BCUT2D eigenvalue weighted by Crippen LogP contribution is 2.18. The van der Waals surface area contributed by atoms with Gasteiger partial charge in [-0.05, 0) is 61.9 Å². The molecule has 0 saturated heterocycles. The van der Waals surface area contributed by atoms with E-state index >= 15 is 0 Å². The number of guanidine groups is 1. The quantitative estimate of drug-likeness (QED) is 0.382. The molecule has 3 N–H and O–H groups in total. The Morgan fingerprint density at radius 3 is 2.58 bits per heavy atom. The van der Waals surface area contributed by atoms with Crippen molar-refractivity contribution in [1.82, 2.24) is 16.0 Å². The van der Waals surface area contributed by atoms with Gasteiger partial charge in [-0.1, -0.05) is 30.3 Å². The Balaban J connectivity index is 1.39. The molecule has 1 saturated carbocycles. The van der Waals surface area contributed by atoms with E-state index in [1.54, 1.807) is 12.1 Å². The van der Waals surface area contributed by atoms with Crippen LogP contribution in [-0.2, 0) is 17.6 Å². The van der Waals surface area contributed by atoms with E-state index in [1.807, 2.05) is 37.3 Å². The van der Waals surface area contributed by atoms with Crippen LogP contribution in [0.4, 0.5) is 4.39 Å². The smallest absolute Gasteiger partial charge is 0.258 e. The summed E-state index contributed by atoms with van der Waals surface area (Å²) in [5.41, 5.74) is 1.83. The molecule has 1 amide bonds. The van der Waals surface area contributed by atoms with Gasteiger partial charge in [-0.15, -0.1) is 0 Å². The first-order chi connectivity index (χ1) is 15.1. The fraction of sp³-hybridized carbons (Fsp3) is 0.417. The Labute approximate surface area is 183 Å². The summed E-state index contributed by atoms with van der Waals surface area (Å²) >= 11 is 0. The first kappa shape index (κ1) is 22.6. The number of aliphatic imine (C=N–C) groups is 1. The molecular formula is C24H31FN4O2. The average Bonchev–Trinajstić information content (AvgIpc) is 3.58. The highest BCUT2D eigenvalue weighted by molar-refractivity contribution is 5.79. The van der Waals surface area contributed by atoms with E-state index in [4.69, 9.17) is 4.74 Å². The van der Waals surface area contributed by atoms with Gasteiger partial charge in [0.05, 0.1) is 0 Å². The Hall–Kier alpha value is -3.09. The molecule has 0 bridgehead atoms. The maximum Gasteiger partial charge on any atom is 0.258 e. The van der Waals surface area contributed by atoms with Gasteiger partial charge in [-0.3, -0.25) is 9.79 Å². The number of amides is 1. The van der Waals surface area contributed by atoms with Gasteiger partial charge in [0.15, 0.2) is 12.6 Å². The number of hydrogen-bond donors (Lipinski definition) is 3. The molecule has 6 nitrogen and oxygen atoms in total. The molecule has 0 aliphatic heterocycles. The summed E-state index contributed by atoms with van der Waals surface area (Å²) < 4.78 is 19.2. The normalized spacial score (nSPS) is 13.5. The molecule has 3 rings (SSSR count). The van der Waals surface area contributed by atoms with Crippen LogP contribution in [0.15, 0.2) is 53.5 Å². The van der Waals surface area contributed by atoms with E-state index in [0.717, 1.165) is 43.9 Å². The lowest BCUT2D eigenvalue weighted by Crippen LogP contribution is -2.38. The zero-order valence-corrected chi connectivity index (χ0v) is 18.0. The van der Waals surface area contributed by atoms with Crippen LogP contribution in [0.2, 0.25) is 0 Å². The van der Waals surface area contributed by atoms with Crippen molar-refractivity contribution >= 4 is 11.9 Å². The lowest BCUT2D eigenvalue weighted by atomic mass is 10.1. The number of carbonyl (C=O) groups excluding carboxylic acids is 1. The summed E-state index contributed by atoms with van der Waals surface area (Å²) in [6, 6.07) is 14.9. The second-order valence-corrected chi connectivity index (χ2v) is 7.55. The fourth-order valence-corrected chi connectivity index (χ4v) is 3.05. The number of halogens is 1. The number of rotatable bonds is 11. The highest BCUT2D eigenvalue weighted by Gasteiger charge is 2.23. The number of nitrogens with one attached hydrogen (secondary N) is 3. The molecule has 1 aliphatic rings. The minimum absolute atomic E-state index is 0.0484. The monoisotopic (exact) mass is 426 g/mol. The van der Waals surface area contributed by atoms with Crippen molar-refractivity contribution in [2.45, 2.75) is 38.6 Å². The summed E-state index contributed by atoms with van der Waals surface area (Å²) in [5, 5.41) is 9.42. The number of nitrogens with zero attached hydrogens (tertiary/aromatic N) is 1. The van der Waals surface area contributed by atoms with Gasteiger partial charge in [0.2, 0.25) is 0 Å². The Morgan fingerprint density at radius 2 is 1.87 bits per heavy atom. The second kappa shape index (κ2) is 11.9. The molecule has 31 heavy (non-hydrogen) atoms. The Bertz CT molecular complexity index is 866. The SMILES string of the molecule is CCNC(=NCCc1ccccc1F)NCCc1ccc(OCC(=O)NC2CC2)cc1. The van der Waals surface area contributed by atoms with Gasteiger partial charge in [0.25, 0.3) is 5.91 Å². The van der Waals surface area contributed by atoms with Crippen molar-refractivity contribution in [3.05, 3.63) is 65.5 Å². The maximum atomic E-state index is 13.7. The zero-order valence-electron chi connectivity index (χ0n) is 18.0. The molecule has 0 spiro atoms. The van der Waals surface area contributed by atoms with Gasteiger partial charge < -0.3 is 20.7 Å². The largest absolute Gasteiger partial charge is 0.484 e. The molecule has 0 atom stereocenters. The summed E-state index contributed by atoms with van der Waals surface area (Å²) in [5.74, 6) is 1.15. The second-order valence-electron chi connectivity index (χ2n) is 7.55. The van der Waals surface area contributed by atoms with Crippen LogP contribution in [-0.4, -0.2) is 44.1 Å². The lowest BCUT2D eigenvalue weighted by Gasteiger charge is -2.12. The van der Waals surface area contributed by atoms with Crippen molar-refractivity contribution < 1.29 is 13.9 Å². The van der Waals surface area contributed by atoms with Crippen LogP contribution in [0.5, 0.6) is 5.75 Å². The minimum Gasteiger partial charge on any atom is -0.484 e. The summed E-state index contributed by atoms with van der Waals surface area (Å²) in [6.07, 6.45) is 3.52. The third-order valence-corrected chi connectivity index (χ3v) is 4.89. The van der Waals surface area contributed by atoms with E-state index in [9.17, 15) is 9.18 Å². The zero-order chi connectivity index (χ0) is 21.9. The number of benzene rings is 2. The van der Waals surface area contributed by atoms with Crippen LogP contribution < -0.4 is 20.7 Å². The number of ether oxygens (including phenoxy) is 1. The van der Waals surface area contributed by atoms with Crippen LogP contribution in [0, 0.1) is 5.82 Å². The van der Waals surface area contributed by atoms with Crippen LogP contribution in [0.1, 0.15) is 30.9 Å². The molecule has 0 aromatic heterocycles. The molecular weight excluding hydrogens is 395 g/mol. The Kier molecular flexibility index (Phi) is 8.70. The van der Waals surface area contributed by atoms with E-state index in [-0.39, 0.29) is 18.3 Å². The Morgan fingerprint density at radius 1 is 1.10 bits per heavy atom. The molecule has 0 unspecified atom stereocenters. The van der Waals surface area contributed by atoms with Gasteiger partial charge in [-0.25, -0.2) is 4.39 Å². The van der Waals surface area contributed by atoms with Gasteiger partial charge in [0.1, 0.15) is 11.6 Å². The molecule has 1 fully saturated rings. The van der Waals surface area contributed by atoms with Gasteiger partial charge in [-0.2, -0.15) is 0 Å². The summed E-state index contributed by atoms with van der Waals surface area (Å²) in [6.45, 7) is 4.04. The van der Waals surface area contributed by atoms with Crippen molar-refractivity contribution in [1.29, 1.82) is 0 Å². The van der Waals surface area contributed by atoms with Crippen molar-refractivity contribution in [2.24, 2.45) is 4.99 Å². The van der Waals surface area contributed by atoms with Crippen molar-refractivity contribution in [3.63, 3.8) is 0 Å². The summed E-state index contributed by atoms with van der Waals surface area (Å²) in [7, 11) is 0. The van der Waals surface area contributed by atoms with E-state index < -0.39 is 0 Å². The maximum absolute atomic E-state index is 13.7. The highest BCUT2D eigenvalue weighted by atomic mass is 19.1. The molecule has 0 radical (unpaired) electrons. The first-order valence-corrected chi connectivity index (χ1v) is 10.9. The molecule has 2 aromatic rings. The van der Waals surface area contributed by atoms with Crippen LogP contribution >= 0.6 is 0 Å². The third-order valence-electron chi connectivity index (χ3n) is 4.89. The molecule has 2 aromatic carbocycles. The van der Waals surface area contributed by atoms with E-state index in [1.165, 1.54) is 6.07 Å².